The van der Waals surface area contributed by atoms with Crippen LogP contribution in [0.5, 0.6) is 0 Å². The van der Waals surface area contributed by atoms with Crippen molar-refractivity contribution in [2.45, 2.75) is 18.5 Å². The topological polar surface area (TPSA) is 62.1 Å². The highest BCUT2D eigenvalue weighted by Gasteiger charge is 2.56. The highest BCUT2D eigenvalue weighted by molar-refractivity contribution is 7.93. The van der Waals surface area contributed by atoms with Crippen molar-refractivity contribution in [1.29, 1.82) is 0 Å². The van der Waals surface area contributed by atoms with Gasteiger partial charge in [0.05, 0.1) is 18.0 Å². The Bertz CT molecular complexity index is 707. The van der Waals surface area contributed by atoms with Gasteiger partial charge in [0.25, 0.3) is 0 Å². The van der Waals surface area contributed by atoms with Gasteiger partial charge in [-0.3, -0.25) is 0 Å². The smallest absolute Gasteiger partial charge is 0.207 e. The van der Waals surface area contributed by atoms with E-state index in [-0.39, 0.29) is 5.66 Å². The van der Waals surface area contributed by atoms with Crippen LogP contribution in [0.3, 0.4) is 0 Å². The second-order valence-electron chi connectivity index (χ2n) is 5.27. The van der Waals surface area contributed by atoms with Crippen LogP contribution in [-0.2, 0) is 16.4 Å². The average molecular weight is 275 g/mol. The highest BCUT2D eigenvalue weighted by Crippen LogP contribution is 2.41. The molecule has 1 aromatic carbocycles. The zero-order valence-corrected chi connectivity index (χ0v) is 11.1. The number of benzene rings is 1. The number of hydrogen-bond acceptors (Lipinski definition) is 4. The Hall–Kier alpha value is -1.53. The molecule has 5 nitrogen and oxygen atoms in total. The van der Waals surface area contributed by atoms with Crippen LogP contribution in [0, 0.1) is 0 Å². The van der Waals surface area contributed by atoms with Crippen LogP contribution in [-0.4, -0.2) is 31.5 Å². The molecule has 0 aromatic heterocycles. The van der Waals surface area contributed by atoms with Gasteiger partial charge in [-0.2, -0.15) is 14.5 Å². The fourth-order valence-corrected chi connectivity index (χ4v) is 4.38. The van der Waals surface area contributed by atoms with Crippen molar-refractivity contribution in [1.82, 2.24) is 4.31 Å². The van der Waals surface area contributed by atoms with Crippen molar-refractivity contribution < 1.29 is 8.42 Å². The van der Waals surface area contributed by atoms with Gasteiger partial charge in [-0.25, -0.2) is 8.42 Å². The van der Waals surface area contributed by atoms with Crippen molar-refractivity contribution in [3.05, 3.63) is 40.3 Å². The van der Waals surface area contributed by atoms with Crippen molar-refractivity contribution in [2.75, 3.05) is 13.1 Å². The van der Waals surface area contributed by atoms with Gasteiger partial charge in [-0.05, 0) is 30.0 Å². The lowest BCUT2D eigenvalue weighted by molar-refractivity contribution is 0.230. The van der Waals surface area contributed by atoms with Crippen molar-refractivity contribution in [2.24, 2.45) is 10.2 Å². The highest BCUT2D eigenvalue weighted by atomic mass is 32.2. The molecule has 0 atom stereocenters. The lowest BCUT2D eigenvalue weighted by Gasteiger charge is -2.35. The third kappa shape index (κ3) is 1.67. The Morgan fingerprint density at radius 3 is 2.58 bits per heavy atom. The summed E-state index contributed by atoms with van der Waals surface area (Å²) in [7, 11) is -3.32. The van der Waals surface area contributed by atoms with Crippen LogP contribution in [0.2, 0.25) is 0 Å². The summed E-state index contributed by atoms with van der Waals surface area (Å²) in [5, 5.41) is 7.77. The molecule has 4 rings (SSSR count). The van der Waals surface area contributed by atoms with Gasteiger partial charge in [0, 0.05) is 0 Å². The van der Waals surface area contributed by atoms with E-state index in [1.165, 1.54) is 9.87 Å². The van der Waals surface area contributed by atoms with Crippen LogP contribution in [0.4, 0.5) is 0 Å². The first-order valence-corrected chi connectivity index (χ1v) is 7.76. The van der Waals surface area contributed by atoms with Gasteiger partial charge in [-0.1, -0.05) is 24.3 Å². The molecule has 0 unspecified atom stereocenters. The molecule has 98 valence electrons. The zero-order chi connectivity index (χ0) is 13.1. The molecule has 2 aliphatic heterocycles. The summed E-state index contributed by atoms with van der Waals surface area (Å²) in [5.74, 6) is 0. The van der Waals surface area contributed by atoms with E-state index in [4.69, 9.17) is 0 Å². The first-order chi connectivity index (χ1) is 9.09. The van der Waals surface area contributed by atoms with Gasteiger partial charge in [0.2, 0.25) is 15.7 Å². The zero-order valence-electron chi connectivity index (χ0n) is 10.3. The van der Waals surface area contributed by atoms with Crippen LogP contribution in [0.1, 0.15) is 17.5 Å². The number of nitrogens with zero attached hydrogens (tertiary/aromatic N) is 3. The summed E-state index contributed by atoms with van der Waals surface area (Å²) < 4.78 is 26.4. The fourth-order valence-electron chi connectivity index (χ4n) is 2.66. The van der Waals surface area contributed by atoms with Gasteiger partial charge in [0.1, 0.15) is 0 Å². The SMILES string of the molecule is O=S(=O)(C1=Cc2ccccc2CC1)N1CC2(C1)N=N2. The third-order valence-corrected chi connectivity index (χ3v) is 5.85. The summed E-state index contributed by atoms with van der Waals surface area (Å²) in [6, 6.07) is 7.94. The molecule has 2 heterocycles. The molecule has 1 aliphatic carbocycles. The lowest BCUT2D eigenvalue weighted by atomic mass is 9.98. The molecule has 1 fully saturated rings. The Morgan fingerprint density at radius 2 is 1.84 bits per heavy atom. The fraction of sp³-hybridized carbons (Fsp3) is 0.385. The van der Waals surface area contributed by atoms with Crippen molar-refractivity contribution >= 4 is 16.1 Å². The van der Waals surface area contributed by atoms with E-state index in [1.807, 2.05) is 18.2 Å². The summed E-state index contributed by atoms with van der Waals surface area (Å²) in [4.78, 5) is 0.515. The molecule has 1 spiro atoms. The van der Waals surface area contributed by atoms with Crippen molar-refractivity contribution in [3.63, 3.8) is 0 Å². The summed E-state index contributed by atoms with van der Waals surface area (Å²) in [6.45, 7) is 0.822. The van der Waals surface area contributed by atoms with Gasteiger partial charge < -0.3 is 0 Å². The monoisotopic (exact) mass is 275 g/mol. The van der Waals surface area contributed by atoms with E-state index in [2.05, 4.69) is 16.3 Å². The van der Waals surface area contributed by atoms with E-state index in [9.17, 15) is 8.42 Å². The Balaban J connectivity index is 1.64. The Kier molecular flexibility index (Phi) is 2.09. The standard InChI is InChI=1S/C13H13N3O2S/c17-19(18,16-8-13(9-16)14-15-13)12-6-5-10-3-1-2-4-11(10)7-12/h1-4,7H,5-6,8-9H2. The number of rotatable bonds is 2. The predicted octanol–water partition coefficient (Wildman–Crippen LogP) is 1.78. The lowest BCUT2D eigenvalue weighted by Crippen LogP contribution is -2.56. The van der Waals surface area contributed by atoms with Crippen LogP contribution in [0.15, 0.2) is 39.4 Å². The van der Waals surface area contributed by atoms with Gasteiger partial charge >= 0.3 is 0 Å². The van der Waals surface area contributed by atoms with Crippen LogP contribution < -0.4 is 0 Å². The van der Waals surface area contributed by atoms with Crippen LogP contribution >= 0.6 is 0 Å². The molecule has 6 heteroatoms. The van der Waals surface area contributed by atoms with Crippen LogP contribution in [0.25, 0.3) is 6.08 Å². The first kappa shape index (κ1) is 11.3. The van der Waals surface area contributed by atoms with E-state index in [0.29, 0.717) is 24.4 Å². The molecule has 0 amide bonds. The maximum atomic E-state index is 12.5. The molecule has 0 N–H and O–H groups in total. The minimum atomic E-state index is -3.32. The number of sulfonamides is 1. The molecule has 1 saturated heterocycles. The molecule has 0 saturated carbocycles. The second-order valence-corrected chi connectivity index (χ2v) is 7.26. The maximum Gasteiger partial charge on any atom is 0.239 e. The normalized spacial score (nSPS) is 23.7. The summed E-state index contributed by atoms with van der Waals surface area (Å²) >= 11 is 0. The Morgan fingerprint density at radius 1 is 1.11 bits per heavy atom. The average Bonchev–Trinajstić information content (AvgIpc) is 3.17. The minimum absolute atomic E-state index is 0.375. The van der Waals surface area contributed by atoms with E-state index < -0.39 is 10.0 Å². The van der Waals surface area contributed by atoms with Gasteiger partial charge in [0.15, 0.2) is 0 Å². The number of allylic oxidation sites excluding steroid dienone is 1. The van der Waals surface area contributed by atoms with Gasteiger partial charge in [-0.15, -0.1) is 0 Å². The molecule has 19 heavy (non-hydrogen) atoms. The number of aryl methyl sites for hydroxylation is 1. The van der Waals surface area contributed by atoms with Crippen molar-refractivity contribution in [3.8, 4) is 0 Å². The molecular formula is C13H13N3O2S. The molecule has 0 radical (unpaired) electrons. The Labute approximate surface area is 111 Å². The number of hydrogen-bond donors (Lipinski definition) is 0. The number of fused-ring (bicyclic) bond motifs is 1. The molecule has 0 bridgehead atoms. The predicted molar refractivity (Wildman–Crippen MR) is 70.8 cm³/mol. The molecule has 3 aliphatic rings. The second kappa shape index (κ2) is 3.52. The minimum Gasteiger partial charge on any atom is -0.207 e. The summed E-state index contributed by atoms with van der Waals surface area (Å²) in [6.07, 6.45) is 3.17. The molecule has 1 aromatic rings. The van der Waals surface area contributed by atoms with E-state index >= 15 is 0 Å². The summed E-state index contributed by atoms with van der Waals surface area (Å²) in [5.41, 5.74) is 1.86. The molecular weight excluding hydrogens is 262 g/mol. The first-order valence-electron chi connectivity index (χ1n) is 6.32. The van der Waals surface area contributed by atoms with E-state index in [0.717, 1.165) is 12.0 Å². The quantitative estimate of drug-likeness (QED) is 0.826. The third-order valence-electron chi connectivity index (χ3n) is 3.93. The maximum absolute atomic E-state index is 12.5. The largest absolute Gasteiger partial charge is 0.239 e. The van der Waals surface area contributed by atoms with E-state index in [1.54, 1.807) is 6.08 Å².